The Labute approximate surface area is 153 Å². The van der Waals surface area contributed by atoms with Gasteiger partial charge in [0.2, 0.25) is 10.0 Å². The molecule has 1 aliphatic rings. The van der Waals surface area contributed by atoms with Crippen molar-refractivity contribution in [2.24, 2.45) is 5.14 Å². The molecule has 0 unspecified atom stereocenters. The molecule has 0 fully saturated rings. The zero-order chi connectivity index (χ0) is 18.9. The molecule has 0 spiro atoms. The summed E-state index contributed by atoms with van der Waals surface area (Å²) >= 11 is 0. The smallest absolute Gasteiger partial charge is 0.256 e. The van der Waals surface area contributed by atoms with Crippen LogP contribution in [0.4, 0.5) is 11.4 Å². The molecular formula is C19H21N3O3S. The predicted molar refractivity (Wildman–Crippen MR) is 104 cm³/mol. The van der Waals surface area contributed by atoms with E-state index in [0.717, 1.165) is 24.3 Å². The molecule has 1 aliphatic heterocycles. The lowest BCUT2D eigenvalue weighted by Crippen LogP contribution is -2.21. The van der Waals surface area contributed by atoms with Crippen molar-refractivity contribution in [2.45, 2.75) is 18.7 Å². The lowest BCUT2D eigenvalue weighted by atomic mass is 10.0. The molecule has 1 amide bonds. The van der Waals surface area contributed by atoms with Crippen LogP contribution < -0.4 is 15.4 Å². The third-order valence-corrected chi connectivity index (χ3v) is 5.35. The Kier molecular flexibility index (Phi) is 4.84. The van der Waals surface area contributed by atoms with Crippen LogP contribution in [0.3, 0.4) is 0 Å². The van der Waals surface area contributed by atoms with E-state index in [9.17, 15) is 13.2 Å². The van der Waals surface area contributed by atoms with Gasteiger partial charge in [-0.05, 0) is 55.8 Å². The molecular weight excluding hydrogens is 350 g/mol. The van der Waals surface area contributed by atoms with E-state index >= 15 is 0 Å². The minimum absolute atomic E-state index is 0.0180. The predicted octanol–water partition coefficient (Wildman–Crippen LogP) is 2.67. The second kappa shape index (κ2) is 6.93. The molecule has 3 rings (SSSR count). The molecule has 0 saturated heterocycles. The Morgan fingerprint density at radius 3 is 2.31 bits per heavy atom. The fourth-order valence-electron chi connectivity index (χ4n) is 3.02. The van der Waals surface area contributed by atoms with Crippen LogP contribution in [-0.4, -0.2) is 27.4 Å². The zero-order valence-electron chi connectivity index (χ0n) is 14.7. The van der Waals surface area contributed by atoms with Crippen LogP contribution in [-0.2, 0) is 14.8 Å². The summed E-state index contributed by atoms with van der Waals surface area (Å²) in [5.41, 5.74) is 3.51. The number of rotatable bonds is 5. The molecule has 0 aromatic heterocycles. The molecule has 1 heterocycles. The van der Waals surface area contributed by atoms with Crippen molar-refractivity contribution in [1.82, 2.24) is 0 Å². The van der Waals surface area contributed by atoms with Gasteiger partial charge in [0.05, 0.1) is 4.90 Å². The quantitative estimate of drug-likeness (QED) is 0.791. The van der Waals surface area contributed by atoms with Gasteiger partial charge in [-0.1, -0.05) is 12.1 Å². The van der Waals surface area contributed by atoms with Crippen LogP contribution in [0.5, 0.6) is 0 Å². The molecule has 2 aromatic carbocycles. The van der Waals surface area contributed by atoms with E-state index in [4.69, 9.17) is 5.14 Å². The van der Waals surface area contributed by atoms with Crippen molar-refractivity contribution in [3.05, 3.63) is 53.6 Å². The minimum Gasteiger partial charge on any atom is -0.372 e. The van der Waals surface area contributed by atoms with Gasteiger partial charge < -0.3 is 10.2 Å². The summed E-state index contributed by atoms with van der Waals surface area (Å²) in [6, 6.07) is 12.3. The fourth-order valence-corrected chi connectivity index (χ4v) is 3.56. The average Bonchev–Trinajstić information content (AvgIpc) is 2.91. The Morgan fingerprint density at radius 1 is 1.08 bits per heavy atom. The number of hydrogen-bond donors (Lipinski definition) is 2. The Hall–Kier alpha value is -2.64. The zero-order valence-corrected chi connectivity index (χ0v) is 15.5. The van der Waals surface area contributed by atoms with Crippen LogP contribution in [0.2, 0.25) is 0 Å². The SMILES string of the molecule is CCN(CC)c1ccc(/C=C2/C(=O)Nc3ccc(S(N)(=O)=O)cc32)cc1. The van der Waals surface area contributed by atoms with Crippen molar-refractivity contribution in [2.75, 3.05) is 23.3 Å². The number of primary sulfonamides is 1. The Bertz CT molecular complexity index is 976. The molecule has 2 aromatic rings. The van der Waals surface area contributed by atoms with E-state index in [0.29, 0.717) is 16.8 Å². The average molecular weight is 371 g/mol. The molecule has 3 N–H and O–H groups in total. The summed E-state index contributed by atoms with van der Waals surface area (Å²) in [7, 11) is -3.83. The molecule has 136 valence electrons. The summed E-state index contributed by atoms with van der Waals surface area (Å²) in [5.74, 6) is -0.264. The first-order valence-corrected chi connectivity index (χ1v) is 9.93. The molecule has 0 aliphatic carbocycles. The van der Waals surface area contributed by atoms with Crippen LogP contribution in [0.25, 0.3) is 11.6 Å². The maximum absolute atomic E-state index is 12.3. The van der Waals surface area contributed by atoms with E-state index in [1.54, 1.807) is 12.1 Å². The number of benzene rings is 2. The van der Waals surface area contributed by atoms with Gasteiger partial charge in [0.1, 0.15) is 0 Å². The van der Waals surface area contributed by atoms with Gasteiger partial charge in [-0.25, -0.2) is 13.6 Å². The maximum atomic E-state index is 12.3. The monoisotopic (exact) mass is 371 g/mol. The molecule has 26 heavy (non-hydrogen) atoms. The lowest BCUT2D eigenvalue weighted by Gasteiger charge is -2.20. The van der Waals surface area contributed by atoms with E-state index in [2.05, 4.69) is 24.1 Å². The van der Waals surface area contributed by atoms with E-state index in [-0.39, 0.29) is 10.8 Å². The first-order chi connectivity index (χ1) is 12.3. The van der Waals surface area contributed by atoms with Gasteiger partial charge in [-0.15, -0.1) is 0 Å². The number of nitrogens with zero attached hydrogens (tertiary/aromatic N) is 1. The third-order valence-electron chi connectivity index (χ3n) is 4.44. The standard InChI is InChI=1S/C19H21N3O3S/c1-3-22(4-2)14-7-5-13(6-8-14)11-17-16-12-15(26(20,24)25)9-10-18(16)21-19(17)23/h5-12H,3-4H2,1-2H3,(H,21,23)(H2,20,24,25)/b17-11+. The van der Waals surface area contributed by atoms with Gasteiger partial charge in [0, 0.05) is 35.6 Å². The molecule has 0 saturated carbocycles. The number of hydrogen-bond acceptors (Lipinski definition) is 4. The van der Waals surface area contributed by atoms with E-state index in [1.165, 1.54) is 12.1 Å². The lowest BCUT2D eigenvalue weighted by molar-refractivity contribution is -0.110. The first-order valence-electron chi connectivity index (χ1n) is 8.38. The number of fused-ring (bicyclic) bond motifs is 1. The number of carbonyl (C=O) groups is 1. The van der Waals surface area contributed by atoms with Gasteiger partial charge in [0.25, 0.3) is 5.91 Å². The summed E-state index contributed by atoms with van der Waals surface area (Å²) < 4.78 is 23.2. The largest absolute Gasteiger partial charge is 0.372 e. The molecule has 0 bridgehead atoms. The Balaban J connectivity index is 1.99. The van der Waals surface area contributed by atoms with Gasteiger partial charge >= 0.3 is 0 Å². The number of carbonyl (C=O) groups excluding carboxylic acids is 1. The highest BCUT2D eigenvalue weighted by Crippen LogP contribution is 2.34. The topological polar surface area (TPSA) is 92.5 Å². The highest BCUT2D eigenvalue weighted by atomic mass is 32.2. The van der Waals surface area contributed by atoms with Crippen molar-refractivity contribution in [1.29, 1.82) is 0 Å². The number of sulfonamides is 1. The number of nitrogens with one attached hydrogen (secondary N) is 1. The van der Waals surface area contributed by atoms with Crippen molar-refractivity contribution < 1.29 is 13.2 Å². The van der Waals surface area contributed by atoms with Crippen molar-refractivity contribution >= 4 is 39.0 Å². The van der Waals surface area contributed by atoms with Crippen LogP contribution in [0.1, 0.15) is 25.0 Å². The van der Waals surface area contributed by atoms with E-state index < -0.39 is 10.0 Å². The summed E-state index contributed by atoms with van der Waals surface area (Å²) in [4.78, 5) is 14.5. The third kappa shape index (κ3) is 3.49. The van der Waals surface area contributed by atoms with Gasteiger partial charge in [-0.3, -0.25) is 4.79 Å². The first kappa shape index (κ1) is 18.2. The summed E-state index contributed by atoms with van der Waals surface area (Å²) in [5, 5.41) is 7.94. The van der Waals surface area contributed by atoms with Crippen molar-refractivity contribution in [3.63, 3.8) is 0 Å². The number of nitrogens with two attached hydrogens (primary N) is 1. The van der Waals surface area contributed by atoms with Gasteiger partial charge in [-0.2, -0.15) is 0 Å². The van der Waals surface area contributed by atoms with Crippen LogP contribution in [0.15, 0.2) is 47.4 Å². The normalized spacial score (nSPS) is 15.0. The fraction of sp³-hybridized carbons (Fsp3) is 0.211. The van der Waals surface area contributed by atoms with Crippen LogP contribution in [0, 0.1) is 0 Å². The minimum atomic E-state index is -3.83. The Morgan fingerprint density at radius 2 is 1.73 bits per heavy atom. The van der Waals surface area contributed by atoms with Crippen molar-refractivity contribution in [3.8, 4) is 0 Å². The highest BCUT2D eigenvalue weighted by Gasteiger charge is 2.25. The molecule has 0 atom stereocenters. The number of anilines is 2. The maximum Gasteiger partial charge on any atom is 0.256 e. The summed E-state index contributed by atoms with van der Waals surface area (Å²) in [6.07, 6.45) is 1.75. The second-order valence-electron chi connectivity index (χ2n) is 6.03. The second-order valence-corrected chi connectivity index (χ2v) is 7.59. The number of amides is 1. The molecule has 0 radical (unpaired) electrons. The van der Waals surface area contributed by atoms with E-state index in [1.807, 2.05) is 24.3 Å². The van der Waals surface area contributed by atoms with Gasteiger partial charge in [0.15, 0.2) is 0 Å². The molecule has 6 nitrogen and oxygen atoms in total. The molecule has 7 heteroatoms. The highest BCUT2D eigenvalue weighted by molar-refractivity contribution is 7.89. The van der Waals surface area contributed by atoms with Crippen LogP contribution >= 0.6 is 0 Å². The summed E-state index contributed by atoms with van der Waals surface area (Å²) in [6.45, 7) is 6.04.